The van der Waals surface area contributed by atoms with Crippen LogP contribution in [0.15, 0.2) is 9.47 Å². The molecule has 0 radical (unpaired) electrons. The third-order valence-electron chi connectivity index (χ3n) is 1.87. The van der Waals surface area contributed by atoms with Crippen LogP contribution in [0.2, 0.25) is 0 Å². The first-order chi connectivity index (χ1) is 6.18. The average molecular weight is 314 g/mol. The first-order valence-corrected chi connectivity index (χ1v) is 6.07. The van der Waals surface area contributed by atoms with Gasteiger partial charge in [0, 0.05) is 6.61 Å². The highest BCUT2D eigenvalue weighted by atomic mass is 79.9. The van der Waals surface area contributed by atoms with Crippen LogP contribution >= 0.6 is 31.9 Å². The Bertz CT molecular complexity index is 172. The fourth-order valence-electron chi connectivity index (χ4n) is 1.27. The molecule has 1 fully saturated rings. The standard InChI is InChI=1S/C9H14Br2O2/c1-7(6-8(10)11)13-9-4-2-3-5-12-9/h6-7,9H,2-5H2,1H3/t7-,9?/m0/s1. The molecule has 0 aliphatic carbocycles. The van der Waals surface area contributed by atoms with Gasteiger partial charge in [0.05, 0.1) is 9.50 Å². The molecule has 1 rings (SSSR count). The Kier molecular flexibility index (Phi) is 5.55. The lowest BCUT2D eigenvalue weighted by molar-refractivity contribution is -0.174. The SMILES string of the molecule is C[C@@H](C=C(Br)Br)OC1CCCCO1. The first-order valence-electron chi connectivity index (χ1n) is 4.48. The summed E-state index contributed by atoms with van der Waals surface area (Å²) in [6, 6.07) is 0. The zero-order valence-corrected chi connectivity index (χ0v) is 10.8. The molecule has 2 nitrogen and oxygen atoms in total. The molecule has 0 saturated carbocycles. The van der Waals surface area contributed by atoms with Crippen molar-refractivity contribution in [3.05, 3.63) is 9.47 Å². The molecule has 4 heteroatoms. The predicted octanol–water partition coefficient (Wildman–Crippen LogP) is 3.55. The van der Waals surface area contributed by atoms with Crippen molar-refractivity contribution >= 4 is 31.9 Å². The molecule has 76 valence electrons. The zero-order chi connectivity index (χ0) is 9.68. The van der Waals surface area contributed by atoms with Gasteiger partial charge in [-0.3, -0.25) is 0 Å². The second kappa shape index (κ2) is 6.17. The maximum atomic E-state index is 5.64. The van der Waals surface area contributed by atoms with Crippen LogP contribution in [0.1, 0.15) is 26.2 Å². The number of rotatable bonds is 3. The maximum Gasteiger partial charge on any atom is 0.158 e. The van der Waals surface area contributed by atoms with Gasteiger partial charge in [0.25, 0.3) is 0 Å². The molecule has 13 heavy (non-hydrogen) atoms. The Morgan fingerprint density at radius 2 is 2.31 bits per heavy atom. The summed E-state index contributed by atoms with van der Waals surface area (Å²) < 4.78 is 12.0. The normalized spacial score (nSPS) is 25.3. The number of ether oxygens (including phenoxy) is 2. The first kappa shape index (κ1) is 11.7. The summed E-state index contributed by atoms with van der Waals surface area (Å²) in [5.41, 5.74) is 0. The van der Waals surface area contributed by atoms with Crippen LogP contribution in [0.3, 0.4) is 0 Å². The summed E-state index contributed by atoms with van der Waals surface area (Å²) >= 11 is 6.59. The van der Waals surface area contributed by atoms with E-state index in [0.717, 1.165) is 22.8 Å². The highest BCUT2D eigenvalue weighted by Gasteiger charge is 2.15. The molecule has 0 aromatic carbocycles. The molecule has 2 atom stereocenters. The Morgan fingerprint density at radius 3 is 2.85 bits per heavy atom. The molecule has 0 spiro atoms. The molecule has 0 bridgehead atoms. The second-order valence-electron chi connectivity index (χ2n) is 3.09. The largest absolute Gasteiger partial charge is 0.353 e. The molecule has 1 heterocycles. The van der Waals surface area contributed by atoms with Crippen molar-refractivity contribution in [3.8, 4) is 0 Å². The van der Waals surface area contributed by atoms with Gasteiger partial charge < -0.3 is 9.47 Å². The summed E-state index contributed by atoms with van der Waals surface area (Å²) in [6.07, 6.45) is 5.40. The van der Waals surface area contributed by atoms with Crippen molar-refractivity contribution in [2.24, 2.45) is 0 Å². The quantitative estimate of drug-likeness (QED) is 0.793. The Morgan fingerprint density at radius 1 is 1.54 bits per heavy atom. The molecule has 0 amide bonds. The van der Waals surface area contributed by atoms with Crippen LogP contribution in [0.25, 0.3) is 0 Å². The van der Waals surface area contributed by atoms with Crippen LogP contribution in [0.5, 0.6) is 0 Å². The van der Waals surface area contributed by atoms with Crippen molar-refractivity contribution < 1.29 is 9.47 Å². The van der Waals surface area contributed by atoms with E-state index in [1.165, 1.54) is 6.42 Å². The van der Waals surface area contributed by atoms with E-state index in [1.807, 2.05) is 13.0 Å². The highest BCUT2D eigenvalue weighted by Crippen LogP contribution is 2.19. The summed E-state index contributed by atoms with van der Waals surface area (Å²) in [7, 11) is 0. The van der Waals surface area contributed by atoms with E-state index in [4.69, 9.17) is 9.47 Å². The van der Waals surface area contributed by atoms with Crippen molar-refractivity contribution in [2.75, 3.05) is 6.61 Å². The van der Waals surface area contributed by atoms with Crippen molar-refractivity contribution in [1.82, 2.24) is 0 Å². The fourth-order valence-corrected chi connectivity index (χ4v) is 2.02. The molecule has 1 aliphatic heterocycles. The molecule has 0 N–H and O–H groups in total. The lowest BCUT2D eigenvalue weighted by Crippen LogP contribution is -2.25. The van der Waals surface area contributed by atoms with E-state index in [2.05, 4.69) is 31.9 Å². The second-order valence-corrected chi connectivity index (χ2v) is 5.87. The van der Waals surface area contributed by atoms with Crippen LogP contribution < -0.4 is 0 Å². The van der Waals surface area contributed by atoms with E-state index in [0.29, 0.717) is 0 Å². The summed E-state index contributed by atoms with van der Waals surface area (Å²) in [5.74, 6) is 0. The van der Waals surface area contributed by atoms with Gasteiger partial charge in [-0.2, -0.15) is 0 Å². The van der Waals surface area contributed by atoms with E-state index in [-0.39, 0.29) is 12.4 Å². The Hall–Kier alpha value is 0.620. The van der Waals surface area contributed by atoms with Gasteiger partial charge in [0.1, 0.15) is 0 Å². The van der Waals surface area contributed by atoms with E-state index in [1.54, 1.807) is 0 Å². The highest BCUT2D eigenvalue weighted by molar-refractivity contribution is 9.28. The Balaban J connectivity index is 2.26. The van der Waals surface area contributed by atoms with Gasteiger partial charge in [-0.15, -0.1) is 0 Å². The predicted molar refractivity (Wildman–Crippen MR) is 60.1 cm³/mol. The van der Waals surface area contributed by atoms with Gasteiger partial charge >= 0.3 is 0 Å². The topological polar surface area (TPSA) is 18.5 Å². The lowest BCUT2D eigenvalue weighted by atomic mass is 10.2. The average Bonchev–Trinajstić information content (AvgIpc) is 2.04. The minimum Gasteiger partial charge on any atom is -0.353 e. The van der Waals surface area contributed by atoms with Crippen LogP contribution in [-0.2, 0) is 9.47 Å². The van der Waals surface area contributed by atoms with Crippen molar-refractivity contribution in [1.29, 1.82) is 0 Å². The van der Waals surface area contributed by atoms with Crippen LogP contribution in [0, 0.1) is 0 Å². The van der Waals surface area contributed by atoms with Crippen molar-refractivity contribution in [2.45, 2.75) is 38.6 Å². The molecule has 1 aliphatic rings. The van der Waals surface area contributed by atoms with E-state index in [9.17, 15) is 0 Å². The third kappa shape index (κ3) is 5.15. The van der Waals surface area contributed by atoms with Crippen LogP contribution in [0.4, 0.5) is 0 Å². The smallest absolute Gasteiger partial charge is 0.158 e. The Labute approximate surface area is 95.9 Å². The minimum absolute atomic E-state index is 0.0145. The van der Waals surface area contributed by atoms with Gasteiger partial charge in [-0.25, -0.2) is 0 Å². The van der Waals surface area contributed by atoms with E-state index >= 15 is 0 Å². The molecular formula is C9H14Br2O2. The monoisotopic (exact) mass is 312 g/mol. The molecular weight excluding hydrogens is 300 g/mol. The van der Waals surface area contributed by atoms with Gasteiger partial charge in [0.2, 0.25) is 0 Å². The molecule has 1 unspecified atom stereocenters. The summed E-state index contributed by atoms with van der Waals surface area (Å²) in [6.45, 7) is 2.83. The number of hydrogen-bond acceptors (Lipinski definition) is 2. The maximum absolute atomic E-state index is 5.64. The summed E-state index contributed by atoms with van der Waals surface area (Å²) in [5, 5.41) is 0. The molecule has 0 aromatic heterocycles. The third-order valence-corrected chi connectivity index (χ3v) is 2.39. The number of hydrogen-bond donors (Lipinski definition) is 0. The van der Waals surface area contributed by atoms with Gasteiger partial charge in [0.15, 0.2) is 6.29 Å². The zero-order valence-electron chi connectivity index (χ0n) is 7.63. The van der Waals surface area contributed by atoms with Gasteiger partial charge in [-0.05, 0) is 64.1 Å². The molecule has 1 saturated heterocycles. The fraction of sp³-hybridized carbons (Fsp3) is 0.778. The molecule has 0 aromatic rings. The number of halogens is 2. The lowest BCUT2D eigenvalue weighted by Gasteiger charge is -2.24. The summed E-state index contributed by atoms with van der Waals surface area (Å²) in [4.78, 5) is 0. The van der Waals surface area contributed by atoms with Crippen LogP contribution in [-0.4, -0.2) is 19.0 Å². The minimum atomic E-state index is -0.0145. The van der Waals surface area contributed by atoms with E-state index < -0.39 is 0 Å². The van der Waals surface area contributed by atoms with Gasteiger partial charge in [-0.1, -0.05) is 0 Å². The van der Waals surface area contributed by atoms with Crippen molar-refractivity contribution in [3.63, 3.8) is 0 Å².